The van der Waals surface area contributed by atoms with Crippen LogP contribution < -0.4 is 16.0 Å². The van der Waals surface area contributed by atoms with Gasteiger partial charge < -0.3 is 20.7 Å². The highest BCUT2D eigenvalue weighted by Crippen LogP contribution is 2.25. The number of hydrogen-bond acceptors (Lipinski definition) is 4. The average molecular weight is 314 g/mol. The van der Waals surface area contributed by atoms with Crippen molar-refractivity contribution in [1.29, 1.82) is 0 Å². The van der Waals surface area contributed by atoms with Crippen molar-refractivity contribution < 1.29 is 9.53 Å². The van der Waals surface area contributed by atoms with Gasteiger partial charge in [0.2, 0.25) is 5.91 Å². The molecule has 0 aliphatic carbocycles. The Hall–Kier alpha value is -1.30. The lowest BCUT2D eigenvalue weighted by Gasteiger charge is -2.28. The highest BCUT2D eigenvalue weighted by Gasteiger charge is 2.14. The zero-order valence-corrected chi connectivity index (χ0v) is 13.6. The van der Waals surface area contributed by atoms with Crippen LogP contribution in [0, 0.1) is 0 Å². The maximum atomic E-state index is 11.2. The van der Waals surface area contributed by atoms with Crippen LogP contribution in [-0.4, -0.2) is 38.8 Å². The van der Waals surface area contributed by atoms with E-state index in [0.717, 1.165) is 17.8 Å². The standard InChI is InChI=1S/C15H24ClN3O2/c1-11(2)19(10-15(17)20)13-5-4-12(14(16)8-13)9-18-6-7-21-3/h4-5,8,11,18H,6-7,9-10H2,1-3H3,(H2,17,20). The van der Waals surface area contributed by atoms with Crippen LogP contribution >= 0.6 is 11.6 Å². The number of carbonyl (C=O) groups is 1. The summed E-state index contributed by atoms with van der Waals surface area (Å²) in [5.41, 5.74) is 7.21. The molecule has 0 unspecified atom stereocenters. The highest BCUT2D eigenvalue weighted by atomic mass is 35.5. The van der Waals surface area contributed by atoms with Gasteiger partial charge >= 0.3 is 0 Å². The topological polar surface area (TPSA) is 67.6 Å². The number of ether oxygens (including phenoxy) is 1. The van der Waals surface area contributed by atoms with E-state index < -0.39 is 0 Å². The van der Waals surface area contributed by atoms with Gasteiger partial charge in [0, 0.05) is 37.0 Å². The van der Waals surface area contributed by atoms with Crippen molar-refractivity contribution >= 4 is 23.2 Å². The van der Waals surface area contributed by atoms with E-state index in [1.54, 1.807) is 7.11 Å². The van der Waals surface area contributed by atoms with Crippen LogP contribution in [0.15, 0.2) is 18.2 Å². The molecule has 1 amide bonds. The van der Waals surface area contributed by atoms with Crippen molar-refractivity contribution in [3.8, 4) is 0 Å². The van der Waals surface area contributed by atoms with E-state index in [0.29, 0.717) is 18.2 Å². The number of rotatable bonds is 9. The Balaban J connectivity index is 2.77. The van der Waals surface area contributed by atoms with Gasteiger partial charge in [0.15, 0.2) is 0 Å². The summed E-state index contributed by atoms with van der Waals surface area (Å²) in [5, 5.41) is 3.92. The van der Waals surface area contributed by atoms with Crippen molar-refractivity contribution in [1.82, 2.24) is 5.32 Å². The molecule has 0 bridgehead atoms. The van der Waals surface area contributed by atoms with Gasteiger partial charge in [0.1, 0.15) is 0 Å². The molecule has 0 saturated carbocycles. The summed E-state index contributed by atoms with van der Waals surface area (Å²) in [7, 11) is 1.67. The molecule has 1 rings (SSSR count). The smallest absolute Gasteiger partial charge is 0.236 e. The predicted octanol–water partition coefficient (Wildman–Crippen LogP) is 1.78. The minimum absolute atomic E-state index is 0.166. The third-order valence-electron chi connectivity index (χ3n) is 3.12. The van der Waals surface area contributed by atoms with Crippen LogP contribution in [0.5, 0.6) is 0 Å². The molecule has 21 heavy (non-hydrogen) atoms. The number of nitrogens with two attached hydrogens (primary N) is 1. The lowest BCUT2D eigenvalue weighted by Crippen LogP contribution is -2.38. The summed E-state index contributed by atoms with van der Waals surface area (Å²) in [5.74, 6) is -0.356. The molecular weight excluding hydrogens is 290 g/mol. The maximum absolute atomic E-state index is 11.2. The quantitative estimate of drug-likeness (QED) is 0.682. The summed E-state index contributed by atoms with van der Waals surface area (Å²) in [6.45, 7) is 6.32. The van der Waals surface area contributed by atoms with Crippen molar-refractivity contribution in [2.45, 2.75) is 26.4 Å². The monoisotopic (exact) mass is 313 g/mol. The third-order valence-corrected chi connectivity index (χ3v) is 3.47. The van der Waals surface area contributed by atoms with Crippen LogP contribution in [0.1, 0.15) is 19.4 Å². The summed E-state index contributed by atoms with van der Waals surface area (Å²) >= 11 is 6.31. The van der Waals surface area contributed by atoms with E-state index in [1.165, 1.54) is 0 Å². The number of methoxy groups -OCH3 is 1. The van der Waals surface area contributed by atoms with Gasteiger partial charge in [-0.25, -0.2) is 0 Å². The van der Waals surface area contributed by atoms with Crippen LogP contribution in [0.4, 0.5) is 5.69 Å². The molecule has 0 radical (unpaired) electrons. The molecule has 1 aromatic carbocycles. The molecule has 5 nitrogen and oxygen atoms in total. The molecular formula is C15H24ClN3O2. The molecule has 0 spiro atoms. The fourth-order valence-corrected chi connectivity index (χ4v) is 2.24. The third kappa shape index (κ3) is 5.91. The first-order valence-corrected chi connectivity index (χ1v) is 7.36. The molecule has 6 heteroatoms. The molecule has 0 saturated heterocycles. The van der Waals surface area contributed by atoms with Gasteiger partial charge in [-0.3, -0.25) is 4.79 Å². The second kappa shape index (κ2) is 8.87. The largest absolute Gasteiger partial charge is 0.383 e. The Morgan fingerprint density at radius 3 is 2.71 bits per heavy atom. The fourth-order valence-electron chi connectivity index (χ4n) is 2.00. The average Bonchev–Trinajstić information content (AvgIpc) is 2.42. The summed E-state index contributed by atoms with van der Waals surface area (Å²) < 4.78 is 4.98. The Morgan fingerprint density at radius 2 is 2.19 bits per heavy atom. The minimum atomic E-state index is -0.356. The van der Waals surface area contributed by atoms with Gasteiger partial charge in [-0.1, -0.05) is 17.7 Å². The number of anilines is 1. The first kappa shape index (κ1) is 17.8. The minimum Gasteiger partial charge on any atom is -0.383 e. The number of carbonyl (C=O) groups excluding carboxylic acids is 1. The zero-order valence-electron chi connectivity index (χ0n) is 12.9. The molecule has 0 aliphatic rings. The van der Waals surface area contributed by atoms with E-state index in [2.05, 4.69) is 5.32 Å². The molecule has 0 atom stereocenters. The molecule has 0 fully saturated rings. The number of benzene rings is 1. The van der Waals surface area contributed by atoms with Crippen LogP contribution in [0.3, 0.4) is 0 Å². The van der Waals surface area contributed by atoms with E-state index in [4.69, 9.17) is 22.1 Å². The molecule has 0 heterocycles. The second-order valence-corrected chi connectivity index (χ2v) is 5.54. The maximum Gasteiger partial charge on any atom is 0.236 e. The van der Waals surface area contributed by atoms with Crippen molar-refractivity contribution in [3.05, 3.63) is 28.8 Å². The van der Waals surface area contributed by atoms with Crippen molar-refractivity contribution in [2.24, 2.45) is 5.73 Å². The van der Waals surface area contributed by atoms with E-state index >= 15 is 0 Å². The van der Waals surface area contributed by atoms with Gasteiger partial charge in [-0.05, 0) is 31.5 Å². The van der Waals surface area contributed by atoms with Crippen molar-refractivity contribution in [2.75, 3.05) is 31.7 Å². The normalized spacial score (nSPS) is 10.9. The van der Waals surface area contributed by atoms with Crippen LogP contribution in [0.25, 0.3) is 0 Å². The number of primary amides is 1. The highest BCUT2D eigenvalue weighted by molar-refractivity contribution is 6.31. The lowest BCUT2D eigenvalue weighted by atomic mass is 10.1. The van der Waals surface area contributed by atoms with Gasteiger partial charge in [0.25, 0.3) is 0 Å². The van der Waals surface area contributed by atoms with Crippen molar-refractivity contribution in [3.63, 3.8) is 0 Å². The van der Waals surface area contributed by atoms with Gasteiger partial charge in [-0.2, -0.15) is 0 Å². The van der Waals surface area contributed by atoms with E-state index in [9.17, 15) is 4.79 Å². The van der Waals surface area contributed by atoms with Crippen LogP contribution in [-0.2, 0) is 16.1 Å². The lowest BCUT2D eigenvalue weighted by molar-refractivity contribution is -0.116. The Morgan fingerprint density at radius 1 is 1.48 bits per heavy atom. The number of hydrogen-bond donors (Lipinski definition) is 2. The SMILES string of the molecule is COCCNCc1ccc(N(CC(N)=O)C(C)C)cc1Cl. The van der Waals surface area contributed by atoms with Gasteiger partial charge in [-0.15, -0.1) is 0 Å². The molecule has 118 valence electrons. The Kier molecular flexibility index (Phi) is 7.50. The Bertz CT molecular complexity index is 466. The molecule has 1 aromatic rings. The molecule has 0 aliphatic heterocycles. The summed E-state index contributed by atoms with van der Waals surface area (Å²) in [4.78, 5) is 13.1. The molecule has 3 N–H and O–H groups in total. The number of nitrogens with one attached hydrogen (secondary N) is 1. The Labute approximate surface area is 131 Å². The number of amides is 1. The van der Waals surface area contributed by atoms with Gasteiger partial charge in [0.05, 0.1) is 13.2 Å². The first-order chi connectivity index (χ1) is 9.95. The van der Waals surface area contributed by atoms with E-state index in [-0.39, 0.29) is 18.5 Å². The van der Waals surface area contributed by atoms with E-state index in [1.807, 2.05) is 36.9 Å². The second-order valence-electron chi connectivity index (χ2n) is 5.13. The predicted molar refractivity (Wildman–Crippen MR) is 86.7 cm³/mol. The number of nitrogens with zero attached hydrogens (tertiary/aromatic N) is 1. The summed E-state index contributed by atoms with van der Waals surface area (Å²) in [6, 6.07) is 5.97. The summed E-state index contributed by atoms with van der Waals surface area (Å²) in [6.07, 6.45) is 0. The first-order valence-electron chi connectivity index (χ1n) is 6.98. The fraction of sp³-hybridized carbons (Fsp3) is 0.533. The molecule has 0 aromatic heterocycles. The zero-order chi connectivity index (χ0) is 15.8. The van der Waals surface area contributed by atoms with Crippen LogP contribution in [0.2, 0.25) is 5.02 Å². The number of halogens is 1.